The minimum absolute atomic E-state index is 0.0877. The van der Waals surface area contributed by atoms with Crippen LogP contribution in [0.1, 0.15) is 16.2 Å². The number of aryl methyl sites for hydroxylation is 1. The van der Waals surface area contributed by atoms with Crippen molar-refractivity contribution < 1.29 is 9.72 Å². The molecule has 0 fully saturated rings. The van der Waals surface area contributed by atoms with Crippen LogP contribution in [-0.4, -0.2) is 49.6 Å². The molecule has 1 amide bonds. The van der Waals surface area contributed by atoms with Gasteiger partial charge in [-0.25, -0.2) is 9.67 Å². The molecule has 110 valence electrons. The van der Waals surface area contributed by atoms with Gasteiger partial charge < -0.3 is 4.90 Å². The molecule has 10 heteroatoms. The number of nitrogens with zero attached hydrogens (tertiary/aromatic N) is 6. The first-order valence-electron chi connectivity index (χ1n) is 5.77. The molecule has 0 atom stereocenters. The van der Waals surface area contributed by atoms with Crippen molar-refractivity contribution in [3.63, 3.8) is 0 Å². The van der Waals surface area contributed by atoms with E-state index in [-0.39, 0.29) is 34.1 Å². The van der Waals surface area contributed by atoms with Gasteiger partial charge in [0.2, 0.25) is 11.1 Å². The molecule has 0 N–H and O–H groups in total. The Morgan fingerprint density at radius 2 is 2.10 bits per heavy atom. The van der Waals surface area contributed by atoms with Gasteiger partial charge in [-0.2, -0.15) is 10.1 Å². The van der Waals surface area contributed by atoms with E-state index < -0.39 is 4.92 Å². The number of rotatable bonds is 3. The third-order valence-corrected chi connectivity index (χ3v) is 2.80. The summed E-state index contributed by atoms with van der Waals surface area (Å²) < 4.78 is 1.13. The van der Waals surface area contributed by atoms with Crippen molar-refractivity contribution in [3.8, 4) is 5.82 Å². The highest BCUT2D eigenvalue weighted by Crippen LogP contribution is 2.25. The summed E-state index contributed by atoms with van der Waals surface area (Å²) in [5, 5.41) is 15.0. The molecular weight excluding hydrogens is 300 g/mol. The van der Waals surface area contributed by atoms with Crippen molar-refractivity contribution in [2.75, 3.05) is 14.1 Å². The largest absolute Gasteiger partial charge is 0.343 e. The number of hydrogen-bond acceptors (Lipinski definition) is 6. The van der Waals surface area contributed by atoms with Crippen LogP contribution in [0.15, 0.2) is 12.3 Å². The molecule has 0 aliphatic heterocycles. The van der Waals surface area contributed by atoms with Crippen LogP contribution >= 0.6 is 11.6 Å². The van der Waals surface area contributed by atoms with Gasteiger partial charge in [0.15, 0.2) is 5.69 Å². The van der Waals surface area contributed by atoms with Crippen molar-refractivity contribution in [3.05, 3.63) is 39.0 Å². The van der Waals surface area contributed by atoms with Crippen molar-refractivity contribution in [2.45, 2.75) is 6.92 Å². The topological polar surface area (TPSA) is 107 Å². The second kappa shape index (κ2) is 5.44. The zero-order valence-corrected chi connectivity index (χ0v) is 12.2. The lowest BCUT2D eigenvalue weighted by atomic mass is 10.3. The number of carbonyl (C=O) groups is 1. The average molecular weight is 311 g/mol. The fourth-order valence-corrected chi connectivity index (χ4v) is 1.88. The van der Waals surface area contributed by atoms with Gasteiger partial charge in [0, 0.05) is 20.3 Å². The highest BCUT2D eigenvalue weighted by atomic mass is 35.5. The predicted octanol–water partition coefficient (Wildman–Crippen LogP) is 1.23. The van der Waals surface area contributed by atoms with Crippen LogP contribution in [0.3, 0.4) is 0 Å². The van der Waals surface area contributed by atoms with E-state index >= 15 is 0 Å². The van der Waals surface area contributed by atoms with Crippen molar-refractivity contribution >= 4 is 23.2 Å². The molecule has 0 spiro atoms. The molecule has 2 aromatic heterocycles. The Hall–Kier alpha value is -2.55. The van der Waals surface area contributed by atoms with Crippen LogP contribution in [0.25, 0.3) is 5.82 Å². The number of carbonyl (C=O) groups excluding carboxylic acids is 1. The molecule has 0 aromatic carbocycles. The fourth-order valence-electron chi connectivity index (χ4n) is 1.68. The second-order valence-electron chi connectivity index (χ2n) is 4.35. The second-order valence-corrected chi connectivity index (χ2v) is 4.69. The van der Waals surface area contributed by atoms with E-state index in [1.54, 1.807) is 14.1 Å². The maximum Gasteiger partial charge on any atom is 0.334 e. The lowest BCUT2D eigenvalue weighted by molar-refractivity contribution is -0.385. The van der Waals surface area contributed by atoms with Crippen LogP contribution < -0.4 is 0 Å². The lowest BCUT2D eigenvalue weighted by Gasteiger charge is -2.07. The van der Waals surface area contributed by atoms with Gasteiger partial charge in [0.05, 0.1) is 4.92 Å². The van der Waals surface area contributed by atoms with E-state index in [2.05, 4.69) is 15.1 Å². The minimum Gasteiger partial charge on any atom is -0.343 e. The molecular formula is C11H11ClN6O3. The third kappa shape index (κ3) is 2.82. The van der Waals surface area contributed by atoms with Crippen LogP contribution in [-0.2, 0) is 0 Å². The molecule has 0 saturated heterocycles. The minimum atomic E-state index is -0.615. The van der Waals surface area contributed by atoms with Gasteiger partial charge in [-0.15, -0.1) is 0 Å². The predicted molar refractivity (Wildman–Crippen MR) is 73.6 cm³/mol. The molecule has 0 aliphatic carbocycles. The summed E-state index contributed by atoms with van der Waals surface area (Å²) in [5.41, 5.74) is -0.0565. The first-order valence-corrected chi connectivity index (χ1v) is 6.15. The Kier molecular flexibility index (Phi) is 3.85. The molecule has 0 bridgehead atoms. The van der Waals surface area contributed by atoms with E-state index in [1.807, 2.05) is 0 Å². The van der Waals surface area contributed by atoms with Gasteiger partial charge in [0.1, 0.15) is 5.69 Å². The first kappa shape index (κ1) is 14.9. The summed E-state index contributed by atoms with van der Waals surface area (Å²) in [4.78, 5) is 31.3. The van der Waals surface area contributed by atoms with Gasteiger partial charge in [-0.1, -0.05) is 0 Å². The zero-order chi connectivity index (χ0) is 15.7. The quantitative estimate of drug-likeness (QED) is 0.479. The van der Waals surface area contributed by atoms with E-state index in [0.29, 0.717) is 0 Å². The van der Waals surface area contributed by atoms with E-state index in [0.717, 1.165) is 4.68 Å². The fraction of sp³-hybridized carbons (Fsp3) is 0.273. The molecule has 9 nitrogen and oxygen atoms in total. The standard InChI is InChI=1S/C11H11ClN6O3/c1-6-8(18(20)21)9(14-11(12)13-6)17-5-4-7(15-17)10(19)16(2)3/h4-5H,1-3H3. The van der Waals surface area contributed by atoms with Crippen LogP contribution in [0, 0.1) is 17.0 Å². The summed E-state index contributed by atoms with van der Waals surface area (Å²) in [5.74, 6) is -0.413. The number of nitro groups is 1. The maximum atomic E-state index is 11.8. The summed E-state index contributed by atoms with van der Waals surface area (Å²) in [6, 6.07) is 1.44. The molecule has 2 heterocycles. The molecule has 0 aliphatic rings. The Morgan fingerprint density at radius 3 is 2.67 bits per heavy atom. The SMILES string of the molecule is Cc1nc(Cl)nc(-n2ccc(C(=O)N(C)C)n2)c1[N+](=O)[O-]. The summed E-state index contributed by atoms with van der Waals surface area (Å²) >= 11 is 5.74. The van der Waals surface area contributed by atoms with Crippen LogP contribution in [0.2, 0.25) is 5.28 Å². The Labute approximate surface area is 124 Å². The van der Waals surface area contributed by atoms with Gasteiger partial charge in [-0.3, -0.25) is 14.9 Å². The Balaban J connectivity index is 2.57. The third-order valence-electron chi connectivity index (χ3n) is 2.63. The van der Waals surface area contributed by atoms with Crippen molar-refractivity contribution in [1.29, 1.82) is 0 Å². The molecule has 0 saturated carbocycles. The Bertz CT molecular complexity index is 727. The van der Waals surface area contributed by atoms with E-state index in [9.17, 15) is 14.9 Å². The number of halogens is 1. The smallest absolute Gasteiger partial charge is 0.334 e. The van der Waals surface area contributed by atoms with Gasteiger partial charge in [-0.05, 0) is 24.6 Å². The van der Waals surface area contributed by atoms with E-state index in [4.69, 9.17) is 11.6 Å². The molecule has 0 radical (unpaired) electrons. The first-order chi connectivity index (χ1) is 9.81. The Morgan fingerprint density at radius 1 is 1.43 bits per heavy atom. The van der Waals surface area contributed by atoms with E-state index in [1.165, 1.54) is 24.1 Å². The van der Waals surface area contributed by atoms with Crippen molar-refractivity contribution in [1.82, 2.24) is 24.6 Å². The number of hydrogen-bond donors (Lipinski definition) is 0. The molecule has 21 heavy (non-hydrogen) atoms. The average Bonchev–Trinajstić information content (AvgIpc) is 2.85. The lowest BCUT2D eigenvalue weighted by Crippen LogP contribution is -2.22. The van der Waals surface area contributed by atoms with Crippen molar-refractivity contribution in [2.24, 2.45) is 0 Å². The molecule has 2 rings (SSSR count). The van der Waals surface area contributed by atoms with Gasteiger partial charge in [0.25, 0.3) is 5.91 Å². The van der Waals surface area contributed by atoms with Gasteiger partial charge >= 0.3 is 5.69 Å². The monoisotopic (exact) mass is 310 g/mol. The molecule has 0 unspecified atom stereocenters. The normalized spacial score (nSPS) is 10.5. The van der Waals surface area contributed by atoms with Crippen LogP contribution in [0.4, 0.5) is 5.69 Å². The highest BCUT2D eigenvalue weighted by molar-refractivity contribution is 6.28. The number of amides is 1. The summed E-state index contributed by atoms with van der Waals surface area (Å²) in [6.45, 7) is 1.45. The maximum absolute atomic E-state index is 11.8. The van der Waals surface area contributed by atoms with Crippen LogP contribution in [0.5, 0.6) is 0 Å². The summed E-state index contributed by atoms with van der Waals surface area (Å²) in [6.07, 6.45) is 1.40. The highest BCUT2D eigenvalue weighted by Gasteiger charge is 2.24. The zero-order valence-electron chi connectivity index (χ0n) is 11.4. The summed E-state index contributed by atoms with van der Waals surface area (Å²) in [7, 11) is 3.16. The number of aromatic nitrogens is 4. The molecule has 2 aromatic rings.